The predicted octanol–water partition coefficient (Wildman–Crippen LogP) is 0.721. The summed E-state index contributed by atoms with van der Waals surface area (Å²) in [6.45, 7) is 4.07. The van der Waals surface area contributed by atoms with Crippen LogP contribution in [0.1, 0.15) is 36.6 Å². The van der Waals surface area contributed by atoms with Crippen LogP contribution in [0.25, 0.3) is 5.82 Å². The molecular weight excluding hydrogens is 450 g/mol. The molecule has 1 atom stereocenters. The van der Waals surface area contributed by atoms with Gasteiger partial charge in [0.05, 0.1) is 11.5 Å². The first-order valence-corrected chi connectivity index (χ1v) is 11.2. The summed E-state index contributed by atoms with van der Waals surface area (Å²) in [4.78, 5) is 33.1. The summed E-state index contributed by atoms with van der Waals surface area (Å²) in [5.74, 6) is 0.471. The molecule has 0 aliphatic carbocycles. The number of aliphatic hydroxyl groups is 1. The van der Waals surface area contributed by atoms with Crippen molar-refractivity contribution in [2.75, 3.05) is 32.8 Å². The molecular formula is C21H24ClN7O4. The van der Waals surface area contributed by atoms with Gasteiger partial charge in [-0.3, -0.25) is 14.5 Å². The molecule has 3 aliphatic heterocycles. The first kappa shape index (κ1) is 21.9. The second-order valence-corrected chi connectivity index (χ2v) is 9.11. The van der Waals surface area contributed by atoms with Gasteiger partial charge in [0, 0.05) is 24.3 Å². The maximum Gasteiger partial charge on any atom is 0.235 e. The number of aromatic nitrogens is 5. The van der Waals surface area contributed by atoms with E-state index in [4.69, 9.17) is 16.3 Å². The molecule has 2 fully saturated rings. The fourth-order valence-corrected chi connectivity index (χ4v) is 5.08. The predicted molar refractivity (Wildman–Crippen MR) is 115 cm³/mol. The molecule has 2 saturated heterocycles. The molecule has 2 aromatic heterocycles. The van der Waals surface area contributed by atoms with Gasteiger partial charge in [-0.1, -0.05) is 17.7 Å². The number of Topliss-reactive ketones (excluding diaryl/α,β-unsaturated/α-hetero) is 1. The number of pyridine rings is 1. The molecule has 0 aromatic carbocycles. The summed E-state index contributed by atoms with van der Waals surface area (Å²) >= 11 is 6.05. The number of hydrogen-bond acceptors (Lipinski definition) is 9. The molecule has 174 valence electrons. The molecule has 0 unspecified atom stereocenters. The van der Waals surface area contributed by atoms with Gasteiger partial charge in [-0.2, -0.15) is 4.68 Å². The summed E-state index contributed by atoms with van der Waals surface area (Å²) in [5, 5.41) is 21.9. The van der Waals surface area contributed by atoms with Gasteiger partial charge < -0.3 is 14.7 Å². The smallest absolute Gasteiger partial charge is 0.235 e. The van der Waals surface area contributed by atoms with Crippen LogP contribution in [0, 0.1) is 12.3 Å². The number of ketones is 1. The number of likely N-dealkylation sites (tertiary alicyclic amines) is 2. The molecule has 0 radical (unpaired) electrons. The Morgan fingerprint density at radius 2 is 1.97 bits per heavy atom. The Morgan fingerprint density at radius 1 is 1.21 bits per heavy atom. The first-order valence-electron chi connectivity index (χ1n) is 10.9. The quantitative estimate of drug-likeness (QED) is 0.668. The van der Waals surface area contributed by atoms with E-state index < -0.39 is 11.5 Å². The average Bonchev–Trinajstić information content (AvgIpc) is 3.53. The lowest BCUT2D eigenvalue weighted by Gasteiger charge is -2.38. The Labute approximate surface area is 195 Å². The zero-order valence-corrected chi connectivity index (χ0v) is 18.9. The Balaban J connectivity index is 1.21. The first-order chi connectivity index (χ1) is 15.9. The van der Waals surface area contributed by atoms with Gasteiger partial charge in [0.2, 0.25) is 17.6 Å². The van der Waals surface area contributed by atoms with Crippen molar-refractivity contribution in [1.82, 2.24) is 35.0 Å². The van der Waals surface area contributed by atoms with Gasteiger partial charge in [-0.05, 0) is 55.8 Å². The van der Waals surface area contributed by atoms with Crippen LogP contribution in [-0.2, 0) is 14.3 Å². The van der Waals surface area contributed by atoms with E-state index in [1.54, 1.807) is 6.07 Å². The number of aliphatic hydroxyl groups excluding tert-OH is 1. The van der Waals surface area contributed by atoms with Gasteiger partial charge in [-0.25, -0.2) is 4.98 Å². The van der Waals surface area contributed by atoms with Crippen molar-refractivity contribution in [1.29, 1.82) is 0 Å². The fraction of sp³-hybridized carbons (Fsp3) is 0.524. The van der Waals surface area contributed by atoms with Gasteiger partial charge >= 0.3 is 0 Å². The summed E-state index contributed by atoms with van der Waals surface area (Å²) in [7, 11) is 0. The van der Waals surface area contributed by atoms with Crippen LogP contribution in [-0.4, -0.2) is 84.6 Å². The normalized spacial score (nSPS) is 21.8. The molecule has 11 nitrogen and oxygen atoms in total. The van der Waals surface area contributed by atoms with E-state index in [0.29, 0.717) is 57.0 Å². The molecule has 1 N–H and O–H groups in total. The molecule has 12 heteroatoms. The Morgan fingerprint density at radius 3 is 2.61 bits per heavy atom. The third-order valence-corrected chi connectivity index (χ3v) is 7.20. The molecule has 0 bridgehead atoms. The van der Waals surface area contributed by atoms with Crippen molar-refractivity contribution >= 4 is 23.3 Å². The molecule has 2 aromatic rings. The summed E-state index contributed by atoms with van der Waals surface area (Å²) in [5.41, 5.74) is 0.993. The molecule has 1 amide bonds. The highest BCUT2D eigenvalue weighted by atomic mass is 35.5. The van der Waals surface area contributed by atoms with Crippen LogP contribution in [0.15, 0.2) is 29.4 Å². The van der Waals surface area contributed by atoms with E-state index >= 15 is 0 Å². The molecule has 1 spiro atoms. The number of halogens is 1. The third-order valence-electron chi connectivity index (χ3n) is 6.83. The SMILES string of the molecule is Cc1nc(-n2cnnn2)ccc1[C@H](O)CN1CCC2(CC1)CCN(C1=C(Cl)C(=O)CO1)C2=O. The van der Waals surface area contributed by atoms with Crippen LogP contribution < -0.4 is 0 Å². The minimum Gasteiger partial charge on any atom is -0.469 e. The molecule has 5 rings (SSSR count). The van der Waals surface area contributed by atoms with Crippen molar-refractivity contribution in [3.63, 3.8) is 0 Å². The number of amides is 1. The average molecular weight is 474 g/mol. The topological polar surface area (TPSA) is 127 Å². The second-order valence-electron chi connectivity index (χ2n) is 8.73. The van der Waals surface area contributed by atoms with Gasteiger partial charge in [0.15, 0.2) is 12.4 Å². The molecule has 5 heterocycles. The minimum absolute atomic E-state index is 0.0102. The van der Waals surface area contributed by atoms with Crippen LogP contribution >= 0.6 is 11.6 Å². The van der Waals surface area contributed by atoms with Crippen LogP contribution in [0.4, 0.5) is 0 Å². The Kier molecular flexibility index (Phi) is 5.63. The van der Waals surface area contributed by atoms with Crippen molar-refractivity contribution in [2.24, 2.45) is 5.41 Å². The van der Waals surface area contributed by atoms with Crippen molar-refractivity contribution in [3.05, 3.63) is 40.6 Å². The lowest BCUT2D eigenvalue weighted by Crippen LogP contribution is -2.45. The number of ether oxygens (including phenoxy) is 1. The van der Waals surface area contributed by atoms with Crippen LogP contribution in [0.5, 0.6) is 0 Å². The number of piperidine rings is 1. The maximum atomic E-state index is 13.2. The van der Waals surface area contributed by atoms with E-state index in [1.807, 2.05) is 13.0 Å². The highest BCUT2D eigenvalue weighted by molar-refractivity contribution is 6.43. The number of β-amino-alcohol motifs (C(OH)–C–C–N with tert-alkyl or cyclic N) is 1. The van der Waals surface area contributed by atoms with Gasteiger partial charge in [0.1, 0.15) is 11.4 Å². The Bertz CT molecular complexity index is 1110. The number of tetrazole rings is 1. The lowest BCUT2D eigenvalue weighted by atomic mass is 9.77. The minimum atomic E-state index is -0.702. The molecule has 0 saturated carbocycles. The van der Waals surface area contributed by atoms with E-state index in [9.17, 15) is 14.7 Å². The number of nitrogens with zero attached hydrogens (tertiary/aromatic N) is 7. The van der Waals surface area contributed by atoms with E-state index in [1.165, 1.54) is 15.9 Å². The summed E-state index contributed by atoms with van der Waals surface area (Å²) < 4.78 is 6.84. The van der Waals surface area contributed by atoms with Crippen LogP contribution in [0.3, 0.4) is 0 Å². The number of carbonyl (C=O) groups excluding carboxylic acids is 2. The van der Waals surface area contributed by atoms with Crippen LogP contribution in [0.2, 0.25) is 0 Å². The lowest BCUT2D eigenvalue weighted by molar-refractivity contribution is -0.139. The number of hydrogen-bond donors (Lipinski definition) is 1. The second kappa shape index (κ2) is 8.47. The van der Waals surface area contributed by atoms with Crippen molar-refractivity contribution < 1.29 is 19.4 Å². The largest absolute Gasteiger partial charge is 0.469 e. The standard InChI is InChI=1S/C21H24ClN7O4/c1-13-14(2-3-17(24-13)29-12-23-25-26-29)15(30)10-27-7-4-21(5-8-27)6-9-28(20(21)32)19-18(22)16(31)11-33-19/h2-3,12,15,30H,4-11H2,1H3/t15-/m1/s1. The number of carbonyl (C=O) groups is 2. The van der Waals surface area contributed by atoms with Gasteiger partial charge in [0.25, 0.3) is 0 Å². The summed E-state index contributed by atoms with van der Waals surface area (Å²) in [6, 6.07) is 3.61. The van der Waals surface area contributed by atoms with Crippen molar-refractivity contribution in [3.8, 4) is 5.82 Å². The third kappa shape index (κ3) is 3.90. The highest BCUT2D eigenvalue weighted by Crippen LogP contribution is 2.44. The van der Waals surface area contributed by atoms with Crippen molar-refractivity contribution in [2.45, 2.75) is 32.3 Å². The monoisotopic (exact) mass is 473 g/mol. The van der Waals surface area contributed by atoms with Gasteiger partial charge in [-0.15, -0.1) is 5.10 Å². The number of rotatable bonds is 5. The zero-order valence-electron chi connectivity index (χ0n) is 18.1. The molecule has 3 aliphatic rings. The maximum absolute atomic E-state index is 13.2. The molecule has 33 heavy (non-hydrogen) atoms. The van der Waals surface area contributed by atoms with E-state index in [2.05, 4.69) is 25.4 Å². The summed E-state index contributed by atoms with van der Waals surface area (Å²) in [6.07, 6.45) is 2.84. The fourth-order valence-electron chi connectivity index (χ4n) is 4.87. The number of aryl methyl sites for hydroxylation is 1. The highest BCUT2D eigenvalue weighted by Gasteiger charge is 2.50. The van der Waals surface area contributed by atoms with E-state index in [0.717, 1.165) is 5.56 Å². The van der Waals surface area contributed by atoms with E-state index in [-0.39, 0.29) is 29.2 Å². The Hall–Kier alpha value is -2.89. The zero-order chi connectivity index (χ0) is 23.2.